The molecule has 0 bridgehead atoms. The van der Waals surface area contributed by atoms with Gasteiger partial charge >= 0.3 is 0 Å². The maximum absolute atomic E-state index is 11.3. The normalized spacial score (nSPS) is 11.0. The molecular formula is C16H17N3O2S. The summed E-state index contributed by atoms with van der Waals surface area (Å²) in [5.74, 6) is 0. The summed E-state index contributed by atoms with van der Waals surface area (Å²) < 4.78 is 22.6. The minimum atomic E-state index is -3.80. The van der Waals surface area contributed by atoms with Gasteiger partial charge in [-0.1, -0.05) is 29.8 Å². The van der Waals surface area contributed by atoms with E-state index in [4.69, 9.17) is 10.4 Å². The zero-order chi connectivity index (χ0) is 16.2. The number of hydrogen-bond acceptors (Lipinski definition) is 4. The lowest BCUT2D eigenvalue weighted by Gasteiger charge is -2.09. The smallest absolute Gasteiger partial charge is 0.238 e. The van der Waals surface area contributed by atoms with Crippen LogP contribution in [0, 0.1) is 18.3 Å². The Morgan fingerprint density at radius 1 is 1.23 bits per heavy atom. The predicted octanol–water partition coefficient (Wildman–Crippen LogP) is 2.17. The van der Waals surface area contributed by atoms with Gasteiger partial charge in [0.1, 0.15) is 6.07 Å². The van der Waals surface area contributed by atoms with E-state index < -0.39 is 10.0 Å². The molecule has 0 aromatic heterocycles. The number of rotatable bonds is 5. The van der Waals surface area contributed by atoms with Crippen LogP contribution in [0.2, 0.25) is 0 Å². The first-order chi connectivity index (χ1) is 10.4. The fourth-order valence-electron chi connectivity index (χ4n) is 2.16. The van der Waals surface area contributed by atoms with Crippen molar-refractivity contribution < 1.29 is 8.42 Å². The second kappa shape index (κ2) is 6.60. The molecule has 2 aromatic carbocycles. The minimum Gasteiger partial charge on any atom is -0.384 e. The molecule has 0 radical (unpaired) electrons. The maximum Gasteiger partial charge on any atom is 0.238 e. The molecule has 5 nitrogen and oxygen atoms in total. The summed E-state index contributed by atoms with van der Waals surface area (Å²) in [4.78, 5) is -0.0618. The van der Waals surface area contributed by atoms with Gasteiger partial charge < -0.3 is 5.32 Å². The fraction of sp³-hybridized carbons (Fsp3) is 0.188. The molecule has 0 saturated heterocycles. The molecule has 2 aromatic rings. The van der Waals surface area contributed by atoms with E-state index in [1.807, 2.05) is 31.2 Å². The number of nitrogens with two attached hydrogens (primary N) is 1. The lowest BCUT2D eigenvalue weighted by atomic mass is 10.1. The third kappa shape index (κ3) is 4.07. The highest BCUT2D eigenvalue weighted by Crippen LogP contribution is 2.19. The van der Waals surface area contributed by atoms with Gasteiger partial charge in [0.15, 0.2) is 0 Å². The van der Waals surface area contributed by atoms with E-state index in [-0.39, 0.29) is 10.5 Å². The molecular weight excluding hydrogens is 298 g/mol. The number of sulfonamides is 1. The van der Waals surface area contributed by atoms with Crippen LogP contribution in [-0.4, -0.2) is 15.0 Å². The summed E-state index contributed by atoms with van der Waals surface area (Å²) in [6, 6.07) is 14.4. The zero-order valence-electron chi connectivity index (χ0n) is 12.2. The van der Waals surface area contributed by atoms with Crippen LogP contribution < -0.4 is 10.5 Å². The average molecular weight is 315 g/mol. The summed E-state index contributed by atoms with van der Waals surface area (Å²) in [5, 5.41) is 17.4. The van der Waals surface area contributed by atoms with Crippen LogP contribution in [0.1, 0.15) is 16.7 Å². The number of benzene rings is 2. The molecule has 0 spiro atoms. The van der Waals surface area contributed by atoms with Gasteiger partial charge in [-0.05, 0) is 37.1 Å². The van der Waals surface area contributed by atoms with Gasteiger partial charge in [-0.2, -0.15) is 5.26 Å². The fourth-order valence-corrected chi connectivity index (χ4v) is 2.70. The Labute approximate surface area is 130 Å². The first kappa shape index (κ1) is 16.0. The van der Waals surface area contributed by atoms with Crippen LogP contribution in [0.25, 0.3) is 0 Å². The molecule has 0 amide bonds. The Morgan fingerprint density at radius 3 is 2.64 bits per heavy atom. The molecule has 0 aliphatic heterocycles. The molecule has 3 N–H and O–H groups in total. The first-order valence-corrected chi connectivity index (χ1v) is 8.31. The number of nitrogens with zero attached hydrogens (tertiary/aromatic N) is 1. The van der Waals surface area contributed by atoms with Gasteiger partial charge in [-0.3, -0.25) is 0 Å². The Balaban J connectivity index is 2.09. The van der Waals surface area contributed by atoms with Crippen LogP contribution in [-0.2, 0) is 16.4 Å². The van der Waals surface area contributed by atoms with Gasteiger partial charge in [0, 0.05) is 6.54 Å². The van der Waals surface area contributed by atoms with Gasteiger partial charge in [-0.15, -0.1) is 0 Å². The molecule has 114 valence electrons. The number of nitrogens with one attached hydrogen (secondary N) is 1. The number of nitriles is 1. The first-order valence-electron chi connectivity index (χ1n) is 6.76. The molecule has 0 aliphatic carbocycles. The van der Waals surface area contributed by atoms with E-state index in [1.165, 1.54) is 23.3 Å². The van der Waals surface area contributed by atoms with Gasteiger partial charge in [0.25, 0.3) is 0 Å². The van der Waals surface area contributed by atoms with Crippen LogP contribution in [0.4, 0.5) is 5.69 Å². The van der Waals surface area contributed by atoms with Crippen molar-refractivity contribution in [2.75, 3.05) is 11.9 Å². The molecule has 0 saturated carbocycles. The predicted molar refractivity (Wildman–Crippen MR) is 85.9 cm³/mol. The standard InChI is InChI=1S/C16H17N3O2S/c1-12-3-2-4-13(9-12)7-8-19-16-6-5-15(22(18,20)21)10-14(16)11-17/h2-6,9-10,19H,7-8H2,1H3,(H2,18,20,21). The van der Waals surface area contributed by atoms with Crippen molar-refractivity contribution >= 4 is 15.7 Å². The molecule has 0 fully saturated rings. The van der Waals surface area contributed by atoms with Crippen molar-refractivity contribution in [1.29, 1.82) is 5.26 Å². The molecule has 0 heterocycles. The lowest BCUT2D eigenvalue weighted by molar-refractivity contribution is 0.598. The van der Waals surface area contributed by atoms with E-state index >= 15 is 0 Å². The summed E-state index contributed by atoms with van der Waals surface area (Å²) in [7, 11) is -3.80. The zero-order valence-corrected chi connectivity index (χ0v) is 13.0. The molecule has 2 rings (SSSR count). The second-order valence-electron chi connectivity index (χ2n) is 5.03. The van der Waals surface area contributed by atoms with E-state index in [1.54, 1.807) is 6.07 Å². The Bertz CT molecular complexity index is 824. The summed E-state index contributed by atoms with van der Waals surface area (Å²) in [6.07, 6.45) is 0.809. The number of aryl methyl sites for hydroxylation is 1. The van der Waals surface area contributed by atoms with Gasteiger partial charge in [-0.25, -0.2) is 13.6 Å². The third-order valence-electron chi connectivity index (χ3n) is 3.25. The molecule has 6 heteroatoms. The van der Waals surface area contributed by atoms with Crippen molar-refractivity contribution in [2.24, 2.45) is 5.14 Å². The third-order valence-corrected chi connectivity index (χ3v) is 4.16. The van der Waals surface area contributed by atoms with Gasteiger partial charge in [0.2, 0.25) is 10.0 Å². The molecule has 0 atom stereocenters. The molecule has 0 unspecified atom stereocenters. The lowest BCUT2D eigenvalue weighted by Crippen LogP contribution is -2.13. The van der Waals surface area contributed by atoms with Crippen molar-refractivity contribution in [3.8, 4) is 6.07 Å². The number of primary sulfonamides is 1. The second-order valence-corrected chi connectivity index (χ2v) is 6.59. The maximum atomic E-state index is 11.3. The number of hydrogen-bond donors (Lipinski definition) is 2. The minimum absolute atomic E-state index is 0.0618. The highest BCUT2D eigenvalue weighted by atomic mass is 32.2. The van der Waals surface area contributed by atoms with Crippen LogP contribution in [0.3, 0.4) is 0 Å². The summed E-state index contributed by atoms with van der Waals surface area (Å²) in [5.41, 5.74) is 3.26. The average Bonchev–Trinajstić information content (AvgIpc) is 2.46. The van der Waals surface area contributed by atoms with Crippen molar-refractivity contribution in [2.45, 2.75) is 18.2 Å². The van der Waals surface area contributed by atoms with Crippen molar-refractivity contribution in [1.82, 2.24) is 0 Å². The van der Waals surface area contributed by atoms with E-state index in [9.17, 15) is 8.42 Å². The van der Waals surface area contributed by atoms with E-state index in [0.29, 0.717) is 12.2 Å². The van der Waals surface area contributed by atoms with E-state index in [0.717, 1.165) is 6.42 Å². The Morgan fingerprint density at radius 2 is 2.00 bits per heavy atom. The SMILES string of the molecule is Cc1cccc(CCNc2ccc(S(N)(=O)=O)cc2C#N)c1. The van der Waals surface area contributed by atoms with Crippen LogP contribution in [0.15, 0.2) is 47.4 Å². The van der Waals surface area contributed by atoms with Crippen LogP contribution >= 0.6 is 0 Å². The largest absolute Gasteiger partial charge is 0.384 e. The van der Waals surface area contributed by atoms with Gasteiger partial charge in [0.05, 0.1) is 16.1 Å². The van der Waals surface area contributed by atoms with Crippen molar-refractivity contribution in [3.63, 3.8) is 0 Å². The monoisotopic (exact) mass is 315 g/mol. The van der Waals surface area contributed by atoms with Crippen LogP contribution in [0.5, 0.6) is 0 Å². The Hall–Kier alpha value is -2.36. The highest BCUT2D eigenvalue weighted by molar-refractivity contribution is 7.89. The highest BCUT2D eigenvalue weighted by Gasteiger charge is 2.11. The number of anilines is 1. The summed E-state index contributed by atoms with van der Waals surface area (Å²) in [6.45, 7) is 2.68. The van der Waals surface area contributed by atoms with E-state index in [2.05, 4.69) is 11.4 Å². The quantitative estimate of drug-likeness (QED) is 0.883. The Kier molecular flexibility index (Phi) is 4.81. The summed E-state index contributed by atoms with van der Waals surface area (Å²) >= 11 is 0. The topological polar surface area (TPSA) is 96.0 Å². The molecule has 22 heavy (non-hydrogen) atoms. The van der Waals surface area contributed by atoms with Crippen molar-refractivity contribution in [3.05, 3.63) is 59.2 Å². The molecule has 0 aliphatic rings.